The van der Waals surface area contributed by atoms with Gasteiger partial charge in [-0.3, -0.25) is 0 Å². The summed E-state index contributed by atoms with van der Waals surface area (Å²) in [7, 11) is 0. The Bertz CT molecular complexity index is 86.3. The topological polar surface area (TPSA) is 70.5 Å². The van der Waals surface area contributed by atoms with E-state index in [0.717, 1.165) is 30.7 Å². The van der Waals surface area contributed by atoms with Crippen LogP contribution in [0.5, 0.6) is 0 Å². The molecule has 0 aromatic heterocycles. The van der Waals surface area contributed by atoms with Gasteiger partial charge in [0.15, 0.2) is 0 Å². The summed E-state index contributed by atoms with van der Waals surface area (Å²) >= 11 is 0. The highest BCUT2D eigenvalue weighted by Gasteiger charge is 2.20. The molecule has 0 radical (unpaired) electrons. The minimum Gasteiger partial charge on any atom is -0.870 e. The fourth-order valence-electron chi connectivity index (χ4n) is 1.39. The SMILES string of the molecule is CC[N+](CC)(CCO)CCO.[OH-]. The highest BCUT2D eigenvalue weighted by atomic mass is 16.3. The maximum Gasteiger partial charge on any atom is 0.102 e. The second-order valence-corrected chi connectivity index (χ2v) is 2.87. The van der Waals surface area contributed by atoms with Crippen LogP contribution >= 0.6 is 0 Å². The summed E-state index contributed by atoms with van der Waals surface area (Å²) < 4.78 is 0.826. The maximum absolute atomic E-state index is 8.79. The van der Waals surface area contributed by atoms with Crippen LogP contribution in [0.4, 0.5) is 0 Å². The summed E-state index contributed by atoms with van der Waals surface area (Å²) in [6.07, 6.45) is 0. The summed E-state index contributed by atoms with van der Waals surface area (Å²) in [5.74, 6) is 0. The van der Waals surface area contributed by atoms with E-state index in [1.807, 2.05) is 0 Å². The van der Waals surface area contributed by atoms with Gasteiger partial charge >= 0.3 is 0 Å². The molecule has 0 rings (SSSR count). The largest absolute Gasteiger partial charge is 0.870 e. The molecular formula is C8H21NO3. The molecule has 0 aliphatic heterocycles. The van der Waals surface area contributed by atoms with Crippen molar-refractivity contribution in [2.75, 3.05) is 39.4 Å². The number of nitrogens with zero attached hydrogens (tertiary/aromatic N) is 1. The molecule has 0 aliphatic rings. The Labute approximate surface area is 74.3 Å². The number of rotatable bonds is 6. The van der Waals surface area contributed by atoms with Gasteiger partial charge in [0.05, 0.1) is 26.3 Å². The number of aliphatic hydroxyl groups excluding tert-OH is 2. The minimum atomic E-state index is 0. The number of hydrogen-bond donors (Lipinski definition) is 2. The van der Waals surface area contributed by atoms with Gasteiger partial charge in [-0.25, -0.2) is 0 Å². The van der Waals surface area contributed by atoms with Crippen molar-refractivity contribution in [3.63, 3.8) is 0 Å². The van der Waals surface area contributed by atoms with E-state index in [2.05, 4.69) is 13.8 Å². The molecule has 0 saturated carbocycles. The molecule has 0 aromatic carbocycles. The lowest BCUT2D eigenvalue weighted by molar-refractivity contribution is -0.925. The van der Waals surface area contributed by atoms with Crippen LogP contribution in [0, 0.1) is 0 Å². The van der Waals surface area contributed by atoms with Gasteiger partial charge in [-0.05, 0) is 13.8 Å². The summed E-state index contributed by atoms with van der Waals surface area (Å²) in [6, 6.07) is 0. The third-order valence-electron chi connectivity index (χ3n) is 2.49. The maximum atomic E-state index is 8.79. The zero-order valence-corrected chi connectivity index (χ0v) is 8.03. The van der Waals surface area contributed by atoms with Crippen LogP contribution in [0.1, 0.15) is 13.8 Å². The highest BCUT2D eigenvalue weighted by Crippen LogP contribution is 2.03. The van der Waals surface area contributed by atoms with Crippen LogP contribution in [0.25, 0.3) is 0 Å². The van der Waals surface area contributed by atoms with Gasteiger partial charge < -0.3 is 20.2 Å². The first kappa shape index (κ1) is 14.4. The number of hydrogen-bond acceptors (Lipinski definition) is 3. The zero-order chi connectivity index (χ0) is 8.74. The smallest absolute Gasteiger partial charge is 0.102 e. The van der Waals surface area contributed by atoms with E-state index in [4.69, 9.17) is 10.2 Å². The lowest BCUT2D eigenvalue weighted by Crippen LogP contribution is -2.51. The van der Waals surface area contributed by atoms with Crippen molar-refractivity contribution in [1.82, 2.24) is 0 Å². The summed E-state index contributed by atoms with van der Waals surface area (Å²) in [6.45, 7) is 8.09. The van der Waals surface area contributed by atoms with Crippen molar-refractivity contribution in [3.8, 4) is 0 Å². The van der Waals surface area contributed by atoms with Gasteiger partial charge in [0.2, 0.25) is 0 Å². The van der Waals surface area contributed by atoms with Crippen LogP contribution in [0.2, 0.25) is 0 Å². The lowest BCUT2D eigenvalue weighted by atomic mass is 10.3. The van der Waals surface area contributed by atoms with Crippen molar-refractivity contribution < 1.29 is 20.2 Å². The van der Waals surface area contributed by atoms with Gasteiger partial charge in [-0.15, -0.1) is 0 Å². The Kier molecular flexibility index (Phi) is 8.97. The van der Waals surface area contributed by atoms with Crippen molar-refractivity contribution in [1.29, 1.82) is 0 Å². The quantitative estimate of drug-likeness (QED) is 0.547. The van der Waals surface area contributed by atoms with Gasteiger partial charge in [-0.1, -0.05) is 0 Å². The molecule has 3 N–H and O–H groups in total. The predicted octanol–water partition coefficient (Wildman–Crippen LogP) is -0.349. The molecule has 0 unspecified atom stereocenters. The molecule has 0 amide bonds. The monoisotopic (exact) mass is 179 g/mol. The molecule has 0 saturated heterocycles. The Morgan fingerprint density at radius 3 is 1.42 bits per heavy atom. The molecule has 4 nitrogen and oxygen atoms in total. The third-order valence-corrected chi connectivity index (χ3v) is 2.49. The predicted molar refractivity (Wildman–Crippen MR) is 47.2 cm³/mol. The minimum absolute atomic E-state index is 0. The van der Waals surface area contributed by atoms with Gasteiger partial charge in [0.1, 0.15) is 13.1 Å². The molecule has 76 valence electrons. The van der Waals surface area contributed by atoms with E-state index in [0.29, 0.717) is 0 Å². The molecule has 0 fully saturated rings. The Morgan fingerprint density at radius 1 is 0.917 bits per heavy atom. The fourth-order valence-corrected chi connectivity index (χ4v) is 1.39. The lowest BCUT2D eigenvalue weighted by Gasteiger charge is -2.35. The van der Waals surface area contributed by atoms with E-state index in [1.165, 1.54) is 0 Å². The van der Waals surface area contributed by atoms with Crippen LogP contribution in [-0.2, 0) is 0 Å². The van der Waals surface area contributed by atoms with E-state index >= 15 is 0 Å². The van der Waals surface area contributed by atoms with Crippen molar-refractivity contribution in [3.05, 3.63) is 0 Å². The second-order valence-electron chi connectivity index (χ2n) is 2.87. The Balaban J connectivity index is 0. The molecule has 0 bridgehead atoms. The van der Waals surface area contributed by atoms with Gasteiger partial charge in [-0.2, -0.15) is 0 Å². The van der Waals surface area contributed by atoms with Crippen molar-refractivity contribution in [2.24, 2.45) is 0 Å². The molecule has 0 aromatic rings. The summed E-state index contributed by atoms with van der Waals surface area (Å²) in [5.41, 5.74) is 0. The second kappa shape index (κ2) is 7.49. The Morgan fingerprint density at radius 2 is 1.25 bits per heavy atom. The average molecular weight is 179 g/mol. The molecule has 0 aliphatic carbocycles. The van der Waals surface area contributed by atoms with E-state index < -0.39 is 0 Å². The van der Waals surface area contributed by atoms with Crippen LogP contribution in [0.3, 0.4) is 0 Å². The number of likely N-dealkylation sites (N-methyl/N-ethyl adjacent to an activating group) is 1. The van der Waals surface area contributed by atoms with E-state index in [9.17, 15) is 0 Å². The summed E-state index contributed by atoms with van der Waals surface area (Å²) in [5, 5.41) is 17.6. The molecule has 0 heterocycles. The molecule has 4 heteroatoms. The molecule has 12 heavy (non-hydrogen) atoms. The first-order chi connectivity index (χ1) is 5.24. The highest BCUT2D eigenvalue weighted by molar-refractivity contribution is 4.38. The zero-order valence-electron chi connectivity index (χ0n) is 8.03. The molecule has 0 atom stereocenters. The third kappa shape index (κ3) is 4.01. The van der Waals surface area contributed by atoms with Crippen LogP contribution in [0.15, 0.2) is 0 Å². The number of aliphatic hydroxyl groups is 2. The Hall–Kier alpha value is -0.160. The van der Waals surface area contributed by atoms with Crippen molar-refractivity contribution in [2.45, 2.75) is 13.8 Å². The van der Waals surface area contributed by atoms with Gasteiger partial charge in [0, 0.05) is 0 Å². The average Bonchev–Trinajstić information content (AvgIpc) is 2.04. The van der Waals surface area contributed by atoms with Crippen LogP contribution in [-0.4, -0.2) is 59.6 Å². The molecular weight excluding hydrogens is 158 g/mol. The first-order valence-electron chi connectivity index (χ1n) is 4.31. The van der Waals surface area contributed by atoms with E-state index in [-0.39, 0.29) is 18.7 Å². The van der Waals surface area contributed by atoms with Crippen molar-refractivity contribution >= 4 is 0 Å². The molecule has 0 spiro atoms. The first-order valence-corrected chi connectivity index (χ1v) is 4.31. The standard InChI is InChI=1S/C8H20NO2.H2O/c1-3-9(4-2,5-7-10)6-8-11;/h10-11H,3-8H2,1-2H3;1H2/q+1;/p-1. The van der Waals surface area contributed by atoms with Crippen LogP contribution < -0.4 is 0 Å². The van der Waals surface area contributed by atoms with E-state index in [1.54, 1.807) is 0 Å². The normalized spacial score (nSPS) is 11.0. The summed E-state index contributed by atoms with van der Waals surface area (Å²) in [4.78, 5) is 0. The fraction of sp³-hybridized carbons (Fsp3) is 1.00. The number of quaternary nitrogens is 1. The van der Waals surface area contributed by atoms with Gasteiger partial charge in [0.25, 0.3) is 0 Å².